The molecule has 0 saturated carbocycles. The number of hydrogen-bond donors (Lipinski definition) is 1. The first-order valence-electron chi connectivity index (χ1n) is 12.2. The lowest BCUT2D eigenvalue weighted by Crippen LogP contribution is -2.34. The fraction of sp³-hybridized carbons (Fsp3) is 0.385. The monoisotopic (exact) mass is 523 g/mol. The van der Waals surface area contributed by atoms with Gasteiger partial charge in [-0.25, -0.2) is 4.68 Å². The Balaban J connectivity index is 1.55. The average molecular weight is 524 g/mol. The van der Waals surface area contributed by atoms with E-state index in [9.17, 15) is 14.2 Å². The zero-order valence-electron chi connectivity index (χ0n) is 20.8. The number of para-hydroxylation sites is 1. The van der Waals surface area contributed by atoms with E-state index in [1.807, 2.05) is 48.5 Å². The van der Waals surface area contributed by atoms with E-state index in [1.54, 1.807) is 16.7 Å². The van der Waals surface area contributed by atoms with Crippen LogP contribution in [0.4, 0.5) is 5.69 Å². The largest absolute Gasteiger partial charge is 0.382 e. The number of aryl methyl sites for hydroxylation is 1. The number of carbonyl (C=O) groups is 2. The molecule has 1 aromatic heterocycles. The maximum atomic E-state index is 13.5. The maximum absolute atomic E-state index is 13.5. The summed E-state index contributed by atoms with van der Waals surface area (Å²) in [5.41, 5.74) is 4.85. The van der Waals surface area contributed by atoms with Gasteiger partial charge in [0.2, 0.25) is 11.8 Å². The maximum Gasteiger partial charge on any atom is 0.227 e. The molecule has 0 radical (unpaired) electrons. The van der Waals surface area contributed by atoms with E-state index in [2.05, 4.69) is 15.6 Å². The second-order valence-corrected chi connectivity index (χ2v) is 9.18. The standard InChI is InChI=1S/C26H30N5O5P/c1-35-15-16-36-14-12-27-23(32)10-11-24(33)30-18-19-6-2-3-7-20(19)26-25(21-8-4-5-9-22(21)30)28-29-31(26)13-17-37-34/h2-9H,10-18H2,1H3,(H,27,32). The van der Waals surface area contributed by atoms with Crippen molar-refractivity contribution in [1.29, 1.82) is 0 Å². The molecule has 3 aromatic rings. The van der Waals surface area contributed by atoms with Crippen molar-refractivity contribution in [3.63, 3.8) is 0 Å². The van der Waals surface area contributed by atoms with Crippen LogP contribution in [-0.4, -0.2) is 66.4 Å². The molecular formula is C26H30N5O5P. The third kappa shape index (κ3) is 6.46. The van der Waals surface area contributed by atoms with Crippen molar-refractivity contribution in [2.24, 2.45) is 0 Å². The second-order valence-electron chi connectivity index (χ2n) is 8.47. The molecule has 0 spiro atoms. The Hall–Kier alpha value is -3.46. The molecule has 37 heavy (non-hydrogen) atoms. The Morgan fingerprint density at radius 3 is 2.62 bits per heavy atom. The van der Waals surface area contributed by atoms with E-state index in [-0.39, 0.29) is 33.1 Å². The number of amides is 2. The van der Waals surface area contributed by atoms with Crippen LogP contribution in [0.1, 0.15) is 18.4 Å². The molecule has 0 unspecified atom stereocenters. The SMILES string of the molecule is COCCOCCNC(=O)CCC(=O)N1Cc2ccccc2-c2c(nnn2CCP=O)-c2ccccc21. The molecule has 194 valence electrons. The molecule has 0 atom stereocenters. The number of nitrogens with zero attached hydrogens (tertiary/aromatic N) is 4. The number of carbonyl (C=O) groups excluding carboxylic acids is 2. The molecule has 2 aromatic carbocycles. The molecular weight excluding hydrogens is 493 g/mol. The summed E-state index contributed by atoms with van der Waals surface area (Å²) in [6, 6.07) is 15.4. The molecule has 0 aliphatic carbocycles. The van der Waals surface area contributed by atoms with Crippen LogP contribution in [0, 0.1) is 0 Å². The van der Waals surface area contributed by atoms with E-state index < -0.39 is 0 Å². The van der Waals surface area contributed by atoms with E-state index in [0.29, 0.717) is 57.0 Å². The van der Waals surface area contributed by atoms with Gasteiger partial charge in [-0.15, -0.1) is 5.10 Å². The van der Waals surface area contributed by atoms with Gasteiger partial charge in [0.25, 0.3) is 0 Å². The van der Waals surface area contributed by atoms with Crippen molar-refractivity contribution in [2.45, 2.75) is 25.9 Å². The number of ether oxygens (including phenoxy) is 2. The number of anilines is 1. The summed E-state index contributed by atoms with van der Waals surface area (Å²) in [7, 11) is 1.64. The lowest BCUT2D eigenvalue weighted by atomic mass is 9.95. The van der Waals surface area contributed by atoms with Crippen LogP contribution < -0.4 is 10.2 Å². The topological polar surface area (TPSA) is 116 Å². The smallest absolute Gasteiger partial charge is 0.227 e. The van der Waals surface area contributed by atoms with Gasteiger partial charge in [-0.3, -0.25) is 14.2 Å². The number of aromatic nitrogens is 3. The van der Waals surface area contributed by atoms with Gasteiger partial charge in [0, 0.05) is 43.8 Å². The van der Waals surface area contributed by atoms with Crippen LogP contribution in [0.2, 0.25) is 0 Å². The lowest BCUT2D eigenvalue weighted by Gasteiger charge is -2.28. The van der Waals surface area contributed by atoms with Crippen LogP contribution in [0.15, 0.2) is 48.5 Å². The molecule has 1 aliphatic heterocycles. The number of fused-ring (bicyclic) bond motifs is 5. The van der Waals surface area contributed by atoms with Crippen molar-refractivity contribution in [2.75, 3.05) is 44.5 Å². The molecule has 0 bridgehead atoms. The van der Waals surface area contributed by atoms with Gasteiger partial charge < -0.3 is 19.7 Å². The Labute approximate surface area is 217 Å². The molecule has 1 N–H and O–H groups in total. The highest BCUT2D eigenvalue weighted by Gasteiger charge is 2.29. The molecule has 4 rings (SSSR count). The van der Waals surface area contributed by atoms with Crippen LogP contribution in [0.3, 0.4) is 0 Å². The van der Waals surface area contributed by atoms with Crippen molar-refractivity contribution in [3.8, 4) is 22.5 Å². The Morgan fingerprint density at radius 2 is 1.81 bits per heavy atom. The Bertz CT molecular complexity index is 1250. The zero-order valence-corrected chi connectivity index (χ0v) is 21.7. The van der Waals surface area contributed by atoms with Crippen LogP contribution in [0.5, 0.6) is 0 Å². The number of rotatable bonds is 12. The third-order valence-electron chi connectivity index (χ3n) is 6.06. The lowest BCUT2D eigenvalue weighted by molar-refractivity contribution is -0.125. The summed E-state index contributed by atoms with van der Waals surface area (Å²) < 4.78 is 23.2. The van der Waals surface area contributed by atoms with Crippen molar-refractivity contribution in [1.82, 2.24) is 20.3 Å². The van der Waals surface area contributed by atoms with E-state index in [0.717, 1.165) is 22.4 Å². The average Bonchev–Trinajstić information content (AvgIpc) is 3.33. The minimum atomic E-state index is -0.202. The Kier molecular flexibility index (Phi) is 9.48. The predicted molar refractivity (Wildman–Crippen MR) is 139 cm³/mol. The zero-order chi connectivity index (χ0) is 26.0. The number of nitrogens with one attached hydrogen (secondary N) is 1. The molecule has 2 amide bonds. The Morgan fingerprint density at radius 1 is 1.03 bits per heavy atom. The summed E-state index contributed by atoms with van der Waals surface area (Å²) in [5.74, 6) is -0.359. The van der Waals surface area contributed by atoms with Gasteiger partial charge in [0.05, 0.1) is 44.3 Å². The second kappa shape index (κ2) is 13.2. The van der Waals surface area contributed by atoms with Gasteiger partial charge in [0.1, 0.15) is 5.69 Å². The molecule has 11 heteroatoms. The van der Waals surface area contributed by atoms with E-state index in [1.165, 1.54) is 0 Å². The third-order valence-corrected chi connectivity index (χ3v) is 6.44. The van der Waals surface area contributed by atoms with E-state index in [4.69, 9.17) is 9.47 Å². The molecule has 2 heterocycles. The molecule has 10 nitrogen and oxygen atoms in total. The number of benzene rings is 2. The van der Waals surface area contributed by atoms with Gasteiger partial charge in [-0.2, -0.15) is 0 Å². The predicted octanol–water partition coefficient (Wildman–Crippen LogP) is 3.31. The fourth-order valence-electron chi connectivity index (χ4n) is 4.28. The highest BCUT2D eigenvalue weighted by molar-refractivity contribution is 7.23. The summed E-state index contributed by atoms with van der Waals surface area (Å²) in [5, 5.41) is 11.6. The van der Waals surface area contributed by atoms with Crippen molar-refractivity contribution in [3.05, 3.63) is 54.1 Å². The van der Waals surface area contributed by atoms with Crippen molar-refractivity contribution >= 4 is 26.0 Å². The summed E-state index contributed by atoms with van der Waals surface area (Å²) in [4.78, 5) is 27.5. The van der Waals surface area contributed by atoms with Crippen molar-refractivity contribution < 1.29 is 23.6 Å². The highest BCUT2D eigenvalue weighted by Crippen LogP contribution is 2.41. The van der Waals surface area contributed by atoms with E-state index >= 15 is 0 Å². The molecule has 0 fully saturated rings. The van der Waals surface area contributed by atoms with Gasteiger partial charge in [-0.1, -0.05) is 47.7 Å². The number of methoxy groups -OCH3 is 1. The van der Waals surface area contributed by atoms with Crippen LogP contribution in [0.25, 0.3) is 22.5 Å². The minimum Gasteiger partial charge on any atom is -0.382 e. The van der Waals surface area contributed by atoms with Crippen LogP contribution >= 0.6 is 8.46 Å². The summed E-state index contributed by atoms with van der Waals surface area (Å²) in [6.07, 6.45) is 0.563. The summed E-state index contributed by atoms with van der Waals surface area (Å²) >= 11 is 0. The molecule has 1 aliphatic rings. The van der Waals surface area contributed by atoms with Gasteiger partial charge in [0.15, 0.2) is 8.46 Å². The number of hydrogen-bond acceptors (Lipinski definition) is 7. The van der Waals surface area contributed by atoms with Crippen LogP contribution in [-0.2, 0) is 36.7 Å². The summed E-state index contributed by atoms with van der Waals surface area (Å²) in [6.45, 7) is 2.52. The van der Waals surface area contributed by atoms with Gasteiger partial charge >= 0.3 is 0 Å². The normalized spacial score (nSPS) is 12.3. The highest BCUT2D eigenvalue weighted by atomic mass is 31.1. The fourth-order valence-corrected chi connectivity index (χ4v) is 4.55. The first-order chi connectivity index (χ1) is 18.1. The minimum absolute atomic E-state index is 0.0433. The first kappa shape index (κ1) is 26.6. The first-order valence-corrected chi connectivity index (χ1v) is 13.2. The van der Waals surface area contributed by atoms with Gasteiger partial charge in [-0.05, 0) is 11.6 Å². The quantitative estimate of drug-likeness (QED) is 0.286. The molecule has 0 saturated heterocycles.